The third-order valence-corrected chi connectivity index (χ3v) is 3.89. The van der Waals surface area contributed by atoms with Crippen LogP contribution in [0.4, 0.5) is 5.69 Å². The molecule has 0 saturated carbocycles. The van der Waals surface area contributed by atoms with Crippen molar-refractivity contribution < 1.29 is 9.53 Å². The van der Waals surface area contributed by atoms with Gasteiger partial charge in [-0.2, -0.15) is 0 Å². The van der Waals surface area contributed by atoms with E-state index in [1.165, 1.54) is 30.3 Å². The molecule has 1 unspecified atom stereocenters. The Morgan fingerprint density at radius 3 is 2.95 bits per heavy atom. The van der Waals surface area contributed by atoms with E-state index < -0.39 is 0 Å². The molecule has 3 heteroatoms. The number of nitrogens with zero attached hydrogens (tertiary/aromatic N) is 1. The summed E-state index contributed by atoms with van der Waals surface area (Å²) in [5.41, 5.74) is 4.01. The van der Waals surface area contributed by atoms with Crippen LogP contribution >= 0.6 is 0 Å². The summed E-state index contributed by atoms with van der Waals surface area (Å²) >= 11 is 0. The quantitative estimate of drug-likeness (QED) is 0.781. The minimum absolute atomic E-state index is 0.0751. The molecule has 0 radical (unpaired) electrons. The van der Waals surface area contributed by atoms with Gasteiger partial charge in [0.15, 0.2) is 0 Å². The molecule has 1 aromatic carbocycles. The van der Waals surface area contributed by atoms with Gasteiger partial charge in [-0.05, 0) is 43.4 Å². The molecule has 0 fully saturated rings. The molecule has 0 spiro atoms. The normalized spacial score (nSPS) is 15.8. The molecule has 1 aromatic rings. The van der Waals surface area contributed by atoms with Gasteiger partial charge in [0.1, 0.15) is 0 Å². The van der Waals surface area contributed by atoms with Crippen LogP contribution in [-0.2, 0) is 22.4 Å². The molecular formula is C16H23NO2. The number of anilines is 1. The first kappa shape index (κ1) is 13.9. The van der Waals surface area contributed by atoms with Gasteiger partial charge in [-0.3, -0.25) is 4.79 Å². The van der Waals surface area contributed by atoms with Crippen molar-refractivity contribution in [3.05, 3.63) is 29.3 Å². The molecule has 0 aliphatic carbocycles. The molecule has 0 bridgehead atoms. The summed E-state index contributed by atoms with van der Waals surface area (Å²) < 4.78 is 4.78. The van der Waals surface area contributed by atoms with Gasteiger partial charge >= 0.3 is 5.97 Å². The maximum absolute atomic E-state index is 11.5. The first-order valence-corrected chi connectivity index (χ1v) is 7.10. The van der Waals surface area contributed by atoms with E-state index in [-0.39, 0.29) is 11.9 Å². The molecular weight excluding hydrogens is 238 g/mol. The van der Waals surface area contributed by atoms with Crippen molar-refractivity contribution in [3.63, 3.8) is 0 Å². The molecule has 1 atom stereocenters. The van der Waals surface area contributed by atoms with Crippen LogP contribution < -0.4 is 4.90 Å². The summed E-state index contributed by atoms with van der Waals surface area (Å²) in [6.45, 7) is 6.33. The average molecular weight is 261 g/mol. The van der Waals surface area contributed by atoms with Gasteiger partial charge in [-0.15, -0.1) is 0 Å². The summed E-state index contributed by atoms with van der Waals surface area (Å²) in [7, 11) is 1.45. The third-order valence-electron chi connectivity index (χ3n) is 3.89. The minimum Gasteiger partial charge on any atom is -0.469 e. The number of ether oxygens (including phenoxy) is 1. The molecule has 1 aliphatic heterocycles. The van der Waals surface area contributed by atoms with Crippen LogP contribution in [0.3, 0.4) is 0 Å². The van der Waals surface area contributed by atoms with Crippen LogP contribution in [-0.4, -0.2) is 26.2 Å². The van der Waals surface area contributed by atoms with E-state index in [1.807, 2.05) is 6.92 Å². The number of hydrogen-bond donors (Lipinski definition) is 0. The van der Waals surface area contributed by atoms with Gasteiger partial charge in [0.05, 0.1) is 13.0 Å². The van der Waals surface area contributed by atoms with Crippen molar-refractivity contribution >= 4 is 11.7 Å². The lowest BCUT2D eigenvalue weighted by Crippen LogP contribution is -2.29. The number of esters is 1. The fraction of sp³-hybridized carbons (Fsp3) is 0.562. The summed E-state index contributed by atoms with van der Waals surface area (Å²) in [6.07, 6.45) is 3.12. The lowest BCUT2D eigenvalue weighted by Gasteiger charge is -2.30. The van der Waals surface area contributed by atoms with Gasteiger partial charge in [0.25, 0.3) is 0 Å². The van der Waals surface area contributed by atoms with E-state index in [0.717, 1.165) is 25.9 Å². The van der Waals surface area contributed by atoms with Gasteiger partial charge in [0.2, 0.25) is 0 Å². The van der Waals surface area contributed by atoms with Crippen LogP contribution in [0.25, 0.3) is 0 Å². The summed E-state index contributed by atoms with van der Waals surface area (Å²) in [5, 5.41) is 0. The Morgan fingerprint density at radius 2 is 2.26 bits per heavy atom. The van der Waals surface area contributed by atoms with Crippen LogP contribution in [0.5, 0.6) is 0 Å². The zero-order chi connectivity index (χ0) is 13.8. The minimum atomic E-state index is -0.132. The van der Waals surface area contributed by atoms with E-state index in [0.29, 0.717) is 0 Å². The first-order valence-electron chi connectivity index (χ1n) is 7.10. The number of carbonyl (C=O) groups excluding carboxylic acids is 1. The summed E-state index contributed by atoms with van der Waals surface area (Å²) in [6, 6.07) is 6.61. The van der Waals surface area contributed by atoms with Crippen molar-refractivity contribution in [2.24, 2.45) is 5.92 Å². The smallest absolute Gasteiger partial charge is 0.308 e. The largest absolute Gasteiger partial charge is 0.469 e. The van der Waals surface area contributed by atoms with Crippen LogP contribution in [0.15, 0.2) is 18.2 Å². The molecule has 1 aliphatic rings. The Morgan fingerprint density at radius 1 is 1.47 bits per heavy atom. The Bertz CT molecular complexity index is 456. The second kappa shape index (κ2) is 6.09. The number of fused-ring (bicyclic) bond motifs is 1. The fourth-order valence-electron chi connectivity index (χ4n) is 2.82. The summed E-state index contributed by atoms with van der Waals surface area (Å²) in [5.74, 6) is -0.207. The van der Waals surface area contributed by atoms with Crippen LogP contribution in [0.2, 0.25) is 0 Å². The Kier molecular flexibility index (Phi) is 4.46. The maximum Gasteiger partial charge on any atom is 0.308 e. The lowest BCUT2D eigenvalue weighted by molar-refractivity contribution is -0.144. The molecule has 0 N–H and O–H groups in total. The highest BCUT2D eigenvalue weighted by molar-refractivity contribution is 5.72. The topological polar surface area (TPSA) is 29.5 Å². The standard InChI is InChI=1S/C16H23NO2/c1-4-17-9-5-6-14-11-13(7-8-15(14)17)10-12(2)16(18)19-3/h7-8,11-12H,4-6,9-10H2,1-3H3. The predicted molar refractivity (Wildman–Crippen MR) is 77.5 cm³/mol. The van der Waals surface area contributed by atoms with Gasteiger partial charge in [0, 0.05) is 18.8 Å². The van der Waals surface area contributed by atoms with E-state index in [9.17, 15) is 4.79 Å². The summed E-state index contributed by atoms with van der Waals surface area (Å²) in [4.78, 5) is 13.9. The number of aryl methyl sites for hydroxylation is 1. The number of hydrogen-bond acceptors (Lipinski definition) is 3. The Hall–Kier alpha value is -1.51. The zero-order valence-electron chi connectivity index (χ0n) is 12.1. The molecule has 1 heterocycles. The van der Waals surface area contributed by atoms with Crippen molar-refractivity contribution in [2.75, 3.05) is 25.1 Å². The highest BCUT2D eigenvalue weighted by Gasteiger charge is 2.18. The van der Waals surface area contributed by atoms with Crippen LogP contribution in [0.1, 0.15) is 31.4 Å². The molecule has 0 aromatic heterocycles. The molecule has 2 rings (SSSR count). The average Bonchev–Trinajstić information content (AvgIpc) is 2.45. The molecule has 104 valence electrons. The fourth-order valence-corrected chi connectivity index (χ4v) is 2.82. The van der Waals surface area contributed by atoms with E-state index in [1.54, 1.807) is 0 Å². The SMILES string of the molecule is CCN1CCCc2cc(CC(C)C(=O)OC)ccc21. The van der Waals surface area contributed by atoms with Gasteiger partial charge < -0.3 is 9.64 Å². The zero-order valence-corrected chi connectivity index (χ0v) is 12.1. The predicted octanol–water partition coefficient (Wildman–Crippen LogP) is 2.81. The number of benzene rings is 1. The van der Waals surface area contributed by atoms with Crippen molar-refractivity contribution in [1.82, 2.24) is 0 Å². The second-order valence-corrected chi connectivity index (χ2v) is 5.27. The molecule has 0 amide bonds. The number of methoxy groups -OCH3 is 1. The van der Waals surface area contributed by atoms with Gasteiger partial charge in [-0.1, -0.05) is 19.1 Å². The second-order valence-electron chi connectivity index (χ2n) is 5.27. The maximum atomic E-state index is 11.5. The highest BCUT2D eigenvalue weighted by Crippen LogP contribution is 2.28. The van der Waals surface area contributed by atoms with E-state index in [4.69, 9.17) is 4.74 Å². The number of carbonyl (C=O) groups is 1. The molecule has 0 saturated heterocycles. The van der Waals surface area contributed by atoms with E-state index in [2.05, 4.69) is 30.0 Å². The Labute approximate surface area is 115 Å². The van der Waals surface area contributed by atoms with E-state index >= 15 is 0 Å². The highest BCUT2D eigenvalue weighted by atomic mass is 16.5. The lowest BCUT2D eigenvalue weighted by atomic mass is 9.95. The monoisotopic (exact) mass is 261 g/mol. The van der Waals surface area contributed by atoms with Crippen molar-refractivity contribution in [1.29, 1.82) is 0 Å². The molecule has 3 nitrogen and oxygen atoms in total. The van der Waals surface area contributed by atoms with Gasteiger partial charge in [-0.25, -0.2) is 0 Å². The van der Waals surface area contributed by atoms with Crippen molar-refractivity contribution in [2.45, 2.75) is 33.1 Å². The van der Waals surface area contributed by atoms with Crippen molar-refractivity contribution in [3.8, 4) is 0 Å². The molecule has 19 heavy (non-hydrogen) atoms. The first-order chi connectivity index (χ1) is 9.15. The third kappa shape index (κ3) is 3.09. The van der Waals surface area contributed by atoms with Crippen LogP contribution in [0, 0.1) is 5.92 Å². The Balaban J connectivity index is 2.15. The number of rotatable bonds is 4.